The molecule has 2 aromatic rings. The van der Waals surface area contributed by atoms with Crippen molar-refractivity contribution in [3.63, 3.8) is 0 Å². The third-order valence-electron chi connectivity index (χ3n) is 2.31. The van der Waals surface area contributed by atoms with E-state index in [0.29, 0.717) is 10.8 Å². The van der Waals surface area contributed by atoms with Crippen molar-refractivity contribution in [3.05, 3.63) is 50.4 Å². The molecule has 0 unspecified atom stereocenters. The SMILES string of the molecule is O=C(CSCc1ccc(Cl)s1)Nc1cc(Cl)ccc1F. The van der Waals surface area contributed by atoms with Gasteiger partial charge in [-0.25, -0.2) is 4.39 Å². The number of hydrogen-bond acceptors (Lipinski definition) is 3. The van der Waals surface area contributed by atoms with E-state index in [1.807, 2.05) is 12.1 Å². The lowest BCUT2D eigenvalue weighted by molar-refractivity contribution is -0.113. The van der Waals surface area contributed by atoms with Crippen molar-refractivity contribution in [3.8, 4) is 0 Å². The normalized spacial score (nSPS) is 10.6. The van der Waals surface area contributed by atoms with Crippen LogP contribution in [0.1, 0.15) is 4.88 Å². The summed E-state index contributed by atoms with van der Waals surface area (Å²) in [6.07, 6.45) is 0. The maximum Gasteiger partial charge on any atom is 0.234 e. The van der Waals surface area contributed by atoms with E-state index in [0.717, 1.165) is 9.21 Å². The lowest BCUT2D eigenvalue weighted by Crippen LogP contribution is -2.15. The first-order chi connectivity index (χ1) is 9.54. The van der Waals surface area contributed by atoms with Crippen LogP contribution in [-0.2, 0) is 10.5 Å². The molecule has 1 N–H and O–H groups in total. The van der Waals surface area contributed by atoms with Gasteiger partial charge in [0, 0.05) is 15.7 Å². The van der Waals surface area contributed by atoms with Crippen molar-refractivity contribution >= 4 is 57.9 Å². The third-order valence-corrected chi connectivity index (χ3v) is 4.94. The number of halogens is 3. The zero-order chi connectivity index (χ0) is 14.5. The van der Waals surface area contributed by atoms with Gasteiger partial charge in [-0.1, -0.05) is 23.2 Å². The number of nitrogens with one attached hydrogen (secondary N) is 1. The van der Waals surface area contributed by atoms with Gasteiger partial charge in [0.2, 0.25) is 5.91 Å². The molecule has 1 heterocycles. The Bertz CT molecular complexity index is 618. The fourth-order valence-electron chi connectivity index (χ4n) is 1.45. The monoisotopic (exact) mass is 349 g/mol. The van der Waals surface area contributed by atoms with Gasteiger partial charge in [0.1, 0.15) is 5.82 Å². The molecule has 0 spiro atoms. The number of carbonyl (C=O) groups is 1. The molecule has 0 saturated heterocycles. The number of benzene rings is 1. The Labute approximate surface area is 134 Å². The van der Waals surface area contributed by atoms with Crippen LogP contribution in [0.15, 0.2) is 30.3 Å². The minimum atomic E-state index is -0.502. The molecule has 0 radical (unpaired) electrons. The Morgan fingerprint density at radius 3 is 2.80 bits per heavy atom. The van der Waals surface area contributed by atoms with E-state index in [4.69, 9.17) is 23.2 Å². The number of anilines is 1. The van der Waals surface area contributed by atoms with Crippen LogP contribution in [0, 0.1) is 5.82 Å². The van der Waals surface area contributed by atoms with E-state index in [9.17, 15) is 9.18 Å². The van der Waals surface area contributed by atoms with Crippen molar-refractivity contribution in [2.75, 3.05) is 11.1 Å². The predicted molar refractivity (Wildman–Crippen MR) is 85.5 cm³/mol. The largest absolute Gasteiger partial charge is 0.323 e. The molecular weight excluding hydrogens is 340 g/mol. The molecule has 106 valence electrons. The van der Waals surface area contributed by atoms with Gasteiger partial charge in [0.15, 0.2) is 0 Å². The van der Waals surface area contributed by atoms with Gasteiger partial charge in [0.05, 0.1) is 15.8 Å². The fourth-order valence-corrected chi connectivity index (χ4v) is 3.65. The summed E-state index contributed by atoms with van der Waals surface area (Å²) in [4.78, 5) is 12.8. The molecule has 1 aromatic carbocycles. The summed E-state index contributed by atoms with van der Waals surface area (Å²) < 4.78 is 14.2. The van der Waals surface area contributed by atoms with E-state index < -0.39 is 5.82 Å². The summed E-state index contributed by atoms with van der Waals surface area (Å²) >= 11 is 14.5. The molecular formula is C13H10Cl2FNOS2. The van der Waals surface area contributed by atoms with E-state index in [1.54, 1.807) is 0 Å². The van der Waals surface area contributed by atoms with Gasteiger partial charge < -0.3 is 5.32 Å². The minimum Gasteiger partial charge on any atom is -0.323 e. The maximum absolute atomic E-state index is 13.4. The molecule has 0 saturated carbocycles. The smallest absolute Gasteiger partial charge is 0.234 e. The summed E-state index contributed by atoms with van der Waals surface area (Å²) in [5, 5.41) is 2.88. The molecule has 2 rings (SSSR count). The number of hydrogen-bond donors (Lipinski definition) is 1. The summed E-state index contributed by atoms with van der Waals surface area (Å²) in [6, 6.07) is 7.79. The fraction of sp³-hybridized carbons (Fsp3) is 0.154. The van der Waals surface area contributed by atoms with Crippen LogP contribution >= 0.6 is 46.3 Å². The van der Waals surface area contributed by atoms with E-state index in [1.165, 1.54) is 41.3 Å². The van der Waals surface area contributed by atoms with Crippen LogP contribution in [0.2, 0.25) is 9.36 Å². The van der Waals surface area contributed by atoms with Gasteiger partial charge in [-0.15, -0.1) is 23.1 Å². The molecule has 0 aliphatic carbocycles. The predicted octanol–water partition coefficient (Wildman–Crippen LogP) is 5.07. The van der Waals surface area contributed by atoms with Crippen LogP contribution in [-0.4, -0.2) is 11.7 Å². The highest BCUT2D eigenvalue weighted by Crippen LogP contribution is 2.25. The number of carbonyl (C=O) groups excluding carboxylic acids is 1. The Morgan fingerprint density at radius 2 is 2.10 bits per heavy atom. The van der Waals surface area contributed by atoms with Crippen molar-refractivity contribution in [1.29, 1.82) is 0 Å². The molecule has 0 fully saturated rings. The second-order valence-electron chi connectivity index (χ2n) is 3.87. The third kappa shape index (κ3) is 4.66. The van der Waals surface area contributed by atoms with Crippen LogP contribution in [0.5, 0.6) is 0 Å². The molecule has 2 nitrogen and oxygen atoms in total. The lowest BCUT2D eigenvalue weighted by Gasteiger charge is -2.06. The molecule has 0 aliphatic rings. The summed E-state index contributed by atoms with van der Waals surface area (Å²) in [7, 11) is 0. The Hall–Kier alpha value is -0.750. The van der Waals surface area contributed by atoms with Gasteiger partial charge >= 0.3 is 0 Å². The zero-order valence-corrected chi connectivity index (χ0v) is 13.3. The molecule has 7 heteroatoms. The molecule has 0 aliphatic heterocycles. The lowest BCUT2D eigenvalue weighted by atomic mass is 10.3. The number of amides is 1. The Morgan fingerprint density at radius 1 is 1.30 bits per heavy atom. The van der Waals surface area contributed by atoms with Gasteiger partial charge in [-0.2, -0.15) is 0 Å². The van der Waals surface area contributed by atoms with E-state index >= 15 is 0 Å². The topological polar surface area (TPSA) is 29.1 Å². The first kappa shape index (κ1) is 15.6. The molecule has 0 bridgehead atoms. The molecule has 1 amide bonds. The molecule has 20 heavy (non-hydrogen) atoms. The standard InChI is InChI=1S/C13H10Cl2FNOS2/c14-8-1-3-10(16)11(5-8)17-13(18)7-19-6-9-2-4-12(15)20-9/h1-5H,6-7H2,(H,17,18). The summed E-state index contributed by atoms with van der Waals surface area (Å²) in [5.41, 5.74) is 0.0993. The van der Waals surface area contributed by atoms with Crippen molar-refractivity contribution in [2.45, 2.75) is 5.75 Å². The molecule has 0 atom stereocenters. The van der Waals surface area contributed by atoms with Crippen LogP contribution in [0.25, 0.3) is 0 Å². The molecule has 1 aromatic heterocycles. The second kappa shape index (κ2) is 7.31. The minimum absolute atomic E-state index is 0.0993. The summed E-state index contributed by atoms with van der Waals surface area (Å²) in [6.45, 7) is 0. The van der Waals surface area contributed by atoms with Gasteiger partial charge in [-0.3, -0.25) is 4.79 Å². The van der Waals surface area contributed by atoms with Gasteiger partial charge in [0.25, 0.3) is 0 Å². The highest BCUT2D eigenvalue weighted by Gasteiger charge is 2.08. The van der Waals surface area contributed by atoms with Crippen LogP contribution in [0.3, 0.4) is 0 Å². The maximum atomic E-state index is 13.4. The Balaban J connectivity index is 1.82. The number of thioether (sulfide) groups is 1. The second-order valence-corrected chi connectivity index (χ2v) is 7.09. The first-order valence-electron chi connectivity index (χ1n) is 5.61. The Kier molecular flexibility index (Phi) is 5.72. The summed E-state index contributed by atoms with van der Waals surface area (Å²) in [5.74, 6) is 0.168. The first-order valence-corrected chi connectivity index (χ1v) is 8.34. The average Bonchev–Trinajstić information content (AvgIpc) is 2.80. The zero-order valence-electron chi connectivity index (χ0n) is 10.2. The highest BCUT2D eigenvalue weighted by molar-refractivity contribution is 7.99. The van der Waals surface area contributed by atoms with E-state index in [-0.39, 0.29) is 17.3 Å². The van der Waals surface area contributed by atoms with Gasteiger partial charge in [-0.05, 0) is 30.3 Å². The van der Waals surface area contributed by atoms with Crippen LogP contribution in [0.4, 0.5) is 10.1 Å². The van der Waals surface area contributed by atoms with E-state index in [2.05, 4.69) is 5.32 Å². The number of thiophene rings is 1. The van der Waals surface area contributed by atoms with Crippen molar-refractivity contribution in [2.24, 2.45) is 0 Å². The van der Waals surface area contributed by atoms with Crippen molar-refractivity contribution in [1.82, 2.24) is 0 Å². The quantitative estimate of drug-likeness (QED) is 0.816. The van der Waals surface area contributed by atoms with Crippen LogP contribution < -0.4 is 5.32 Å². The highest BCUT2D eigenvalue weighted by atomic mass is 35.5. The van der Waals surface area contributed by atoms with Crippen molar-refractivity contribution < 1.29 is 9.18 Å². The number of rotatable bonds is 5. The average molecular weight is 350 g/mol.